The van der Waals surface area contributed by atoms with Crippen molar-refractivity contribution in [3.8, 4) is 11.3 Å². The zero-order valence-electron chi connectivity index (χ0n) is 14.3. The number of hydrogen-bond donors (Lipinski definition) is 1. The fourth-order valence-corrected chi connectivity index (χ4v) is 2.12. The van der Waals surface area contributed by atoms with E-state index >= 15 is 0 Å². The summed E-state index contributed by atoms with van der Waals surface area (Å²) < 4.78 is 10.6. The van der Waals surface area contributed by atoms with Crippen LogP contribution < -0.4 is 5.32 Å². The molecule has 2 rings (SSSR count). The first-order chi connectivity index (χ1) is 11.6. The van der Waals surface area contributed by atoms with Gasteiger partial charge in [0.1, 0.15) is 11.9 Å². The number of carbonyl (C=O) groups excluding carboxylic acids is 1. The highest BCUT2D eigenvalue weighted by Crippen LogP contribution is 2.20. The van der Waals surface area contributed by atoms with Gasteiger partial charge in [-0.3, -0.25) is 4.79 Å². The van der Waals surface area contributed by atoms with Crippen molar-refractivity contribution in [3.05, 3.63) is 42.4 Å². The first-order valence-corrected chi connectivity index (χ1v) is 8.00. The molecule has 0 saturated carbocycles. The maximum atomic E-state index is 12.2. The molecule has 1 heterocycles. The van der Waals surface area contributed by atoms with Crippen LogP contribution in [-0.4, -0.2) is 41.8 Å². The zero-order valence-corrected chi connectivity index (χ0v) is 14.3. The Hall–Kier alpha value is -2.31. The first-order valence-electron chi connectivity index (χ1n) is 8.00. The SMILES string of the molecule is CCOCCOC(C)C(=O)Nc1cccc(-c2ccnc(C)n2)c1. The molecule has 1 atom stereocenters. The van der Waals surface area contributed by atoms with Crippen LogP contribution in [0.5, 0.6) is 0 Å². The number of nitrogens with one attached hydrogen (secondary N) is 1. The Balaban J connectivity index is 1.97. The minimum atomic E-state index is -0.546. The van der Waals surface area contributed by atoms with Gasteiger partial charge in [-0.2, -0.15) is 0 Å². The number of anilines is 1. The number of benzene rings is 1. The standard InChI is InChI=1S/C18H23N3O3/c1-4-23-10-11-24-13(2)18(22)21-16-7-5-6-15(12-16)17-8-9-19-14(3)20-17/h5-9,12-13H,4,10-11H2,1-3H3,(H,21,22). The Morgan fingerprint density at radius 2 is 2.12 bits per heavy atom. The van der Waals surface area contributed by atoms with Crippen LogP contribution in [0.2, 0.25) is 0 Å². The second kappa shape index (κ2) is 9.10. The number of rotatable bonds is 8. The predicted molar refractivity (Wildman–Crippen MR) is 92.7 cm³/mol. The highest BCUT2D eigenvalue weighted by molar-refractivity contribution is 5.94. The molecule has 6 nitrogen and oxygen atoms in total. The third kappa shape index (κ3) is 5.40. The lowest BCUT2D eigenvalue weighted by Crippen LogP contribution is -2.28. The highest BCUT2D eigenvalue weighted by atomic mass is 16.5. The van der Waals surface area contributed by atoms with E-state index in [1.165, 1.54) is 0 Å². The summed E-state index contributed by atoms with van der Waals surface area (Å²) in [6, 6.07) is 9.38. The van der Waals surface area contributed by atoms with E-state index in [0.29, 0.717) is 31.3 Å². The smallest absolute Gasteiger partial charge is 0.253 e. The second-order valence-electron chi connectivity index (χ2n) is 5.27. The van der Waals surface area contributed by atoms with Crippen molar-refractivity contribution in [2.24, 2.45) is 0 Å². The van der Waals surface area contributed by atoms with Gasteiger partial charge in [-0.05, 0) is 39.0 Å². The molecule has 1 N–H and O–H groups in total. The van der Waals surface area contributed by atoms with E-state index in [9.17, 15) is 4.79 Å². The average Bonchev–Trinajstić information content (AvgIpc) is 2.59. The Morgan fingerprint density at radius 1 is 1.29 bits per heavy atom. The van der Waals surface area contributed by atoms with Crippen LogP contribution in [0.1, 0.15) is 19.7 Å². The van der Waals surface area contributed by atoms with Gasteiger partial charge in [0.15, 0.2) is 0 Å². The molecule has 0 aliphatic heterocycles. The van der Waals surface area contributed by atoms with E-state index in [-0.39, 0.29) is 5.91 Å². The molecular weight excluding hydrogens is 306 g/mol. The van der Waals surface area contributed by atoms with Crippen LogP contribution in [0.4, 0.5) is 5.69 Å². The summed E-state index contributed by atoms with van der Waals surface area (Å²) in [4.78, 5) is 20.7. The lowest BCUT2D eigenvalue weighted by Gasteiger charge is -2.14. The number of carbonyl (C=O) groups is 1. The second-order valence-corrected chi connectivity index (χ2v) is 5.27. The third-order valence-corrected chi connectivity index (χ3v) is 3.37. The van der Waals surface area contributed by atoms with Gasteiger partial charge >= 0.3 is 0 Å². The van der Waals surface area contributed by atoms with E-state index in [1.54, 1.807) is 13.1 Å². The summed E-state index contributed by atoms with van der Waals surface area (Å²) >= 11 is 0. The van der Waals surface area contributed by atoms with E-state index in [0.717, 1.165) is 11.3 Å². The molecule has 0 bridgehead atoms. The van der Waals surface area contributed by atoms with Crippen LogP contribution >= 0.6 is 0 Å². The van der Waals surface area contributed by atoms with Crippen LogP contribution in [0, 0.1) is 6.92 Å². The topological polar surface area (TPSA) is 73.3 Å². The van der Waals surface area contributed by atoms with Crippen LogP contribution in [0.25, 0.3) is 11.3 Å². The van der Waals surface area contributed by atoms with E-state index in [4.69, 9.17) is 9.47 Å². The molecule has 1 aromatic heterocycles. The highest BCUT2D eigenvalue weighted by Gasteiger charge is 2.13. The predicted octanol–water partition coefficient (Wildman–Crippen LogP) is 2.83. The molecule has 0 spiro atoms. The lowest BCUT2D eigenvalue weighted by atomic mass is 10.1. The maximum Gasteiger partial charge on any atom is 0.253 e. The van der Waals surface area contributed by atoms with Crippen molar-refractivity contribution < 1.29 is 14.3 Å². The van der Waals surface area contributed by atoms with Crippen LogP contribution in [-0.2, 0) is 14.3 Å². The molecule has 1 unspecified atom stereocenters. The lowest BCUT2D eigenvalue weighted by molar-refractivity contribution is -0.127. The molecule has 2 aromatic rings. The summed E-state index contributed by atoms with van der Waals surface area (Å²) in [5.74, 6) is 0.515. The van der Waals surface area contributed by atoms with Crippen molar-refractivity contribution in [1.29, 1.82) is 0 Å². The average molecular weight is 329 g/mol. The molecule has 0 aliphatic carbocycles. The summed E-state index contributed by atoms with van der Waals surface area (Å²) in [5, 5.41) is 2.86. The first kappa shape index (κ1) is 18.0. The molecular formula is C18H23N3O3. The minimum absolute atomic E-state index is 0.192. The van der Waals surface area contributed by atoms with Gasteiger partial charge in [-0.15, -0.1) is 0 Å². The molecule has 1 aromatic carbocycles. The van der Waals surface area contributed by atoms with Crippen molar-refractivity contribution in [2.45, 2.75) is 26.9 Å². The summed E-state index contributed by atoms with van der Waals surface area (Å²) in [7, 11) is 0. The molecule has 0 aliphatic rings. The zero-order chi connectivity index (χ0) is 17.4. The molecule has 6 heteroatoms. The number of amides is 1. The van der Waals surface area contributed by atoms with E-state index in [1.807, 2.05) is 44.2 Å². The Morgan fingerprint density at radius 3 is 2.88 bits per heavy atom. The van der Waals surface area contributed by atoms with Gasteiger partial charge in [0, 0.05) is 24.1 Å². The molecule has 0 fully saturated rings. The minimum Gasteiger partial charge on any atom is -0.379 e. The van der Waals surface area contributed by atoms with Crippen LogP contribution in [0.3, 0.4) is 0 Å². The monoisotopic (exact) mass is 329 g/mol. The number of ether oxygens (including phenoxy) is 2. The number of aryl methyl sites for hydroxylation is 1. The van der Waals surface area contributed by atoms with E-state index < -0.39 is 6.10 Å². The van der Waals surface area contributed by atoms with Gasteiger partial charge < -0.3 is 14.8 Å². The van der Waals surface area contributed by atoms with Gasteiger partial charge in [0.05, 0.1) is 18.9 Å². The van der Waals surface area contributed by atoms with Gasteiger partial charge in [-0.25, -0.2) is 9.97 Å². The van der Waals surface area contributed by atoms with E-state index in [2.05, 4.69) is 15.3 Å². The van der Waals surface area contributed by atoms with Crippen molar-refractivity contribution in [3.63, 3.8) is 0 Å². The third-order valence-electron chi connectivity index (χ3n) is 3.37. The molecule has 24 heavy (non-hydrogen) atoms. The van der Waals surface area contributed by atoms with Crippen molar-refractivity contribution >= 4 is 11.6 Å². The normalized spacial score (nSPS) is 12.0. The Labute approximate surface area is 142 Å². The van der Waals surface area contributed by atoms with Gasteiger partial charge in [0.25, 0.3) is 5.91 Å². The van der Waals surface area contributed by atoms with Crippen molar-refractivity contribution in [2.75, 3.05) is 25.1 Å². The largest absolute Gasteiger partial charge is 0.379 e. The fraction of sp³-hybridized carbons (Fsp3) is 0.389. The quantitative estimate of drug-likeness (QED) is 0.754. The number of aromatic nitrogens is 2. The number of nitrogens with zero attached hydrogens (tertiary/aromatic N) is 2. The molecule has 128 valence electrons. The van der Waals surface area contributed by atoms with Gasteiger partial charge in [0.2, 0.25) is 0 Å². The molecule has 0 radical (unpaired) electrons. The molecule has 1 amide bonds. The van der Waals surface area contributed by atoms with Crippen LogP contribution in [0.15, 0.2) is 36.5 Å². The van der Waals surface area contributed by atoms with Gasteiger partial charge in [-0.1, -0.05) is 12.1 Å². The molecule has 0 saturated heterocycles. The summed E-state index contributed by atoms with van der Waals surface area (Å²) in [5.41, 5.74) is 2.44. The number of hydrogen-bond acceptors (Lipinski definition) is 5. The summed E-state index contributed by atoms with van der Waals surface area (Å²) in [6.45, 7) is 7.00. The summed E-state index contributed by atoms with van der Waals surface area (Å²) in [6.07, 6.45) is 1.17. The Bertz CT molecular complexity index is 676. The maximum absolute atomic E-state index is 12.2. The fourth-order valence-electron chi connectivity index (χ4n) is 2.12. The van der Waals surface area contributed by atoms with Crippen molar-refractivity contribution in [1.82, 2.24) is 9.97 Å². The Kier molecular flexibility index (Phi) is 6.84.